The molecule has 0 aliphatic carbocycles. The largest absolute Gasteiger partial charge is 0.494 e. The first-order valence-electron chi connectivity index (χ1n) is 11.4. The number of hydrazone groups is 1. The first kappa shape index (κ1) is 21.1. The van der Waals surface area contributed by atoms with Gasteiger partial charge in [-0.25, -0.2) is 5.01 Å². The van der Waals surface area contributed by atoms with Crippen LogP contribution in [0.25, 0.3) is 0 Å². The van der Waals surface area contributed by atoms with Crippen LogP contribution in [0.1, 0.15) is 48.7 Å². The second-order valence-electron chi connectivity index (χ2n) is 8.20. The number of para-hydroxylation sites is 1. The van der Waals surface area contributed by atoms with Gasteiger partial charge in [0.05, 0.1) is 18.4 Å². The van der Waals surface area contributed by atoms with Crippen LogP contribution in [0.3, 0.4) is 0 Å². The summed E-state index contributed by atoms with van der Waals surface area (Å²) < 4.78 is 17.8. The number of nitrogens with zero attached hydrogens (tertiary/aromatic N) is 2. The summed E-state index contributed by atoms with van der Waals surface area (Å²) in [6, 6.07) is 24.6. The lowest BCUT2D eigenvalue weighted by atomic mass is 9.96. The maximum atomic E-state index is 6.45. The number of rotatable bonds is 8. The van der Waals surface area contributed by atoms with Gasteiger partial charge < -0.3 is 14.2 Å². The van der Waals surface area contributed by atoms with E-state index in [1.807, 2.05) is 36.4 Å². The Morgan fingerprint density at radius 2 is 1.73 bits per heavy atom. The lowest BCUT2D eigenvalue weighted by molar-refractivity contribution is -0.0190. The third kappa shape index (κ3) is 4.31. The molecule has 2 heterocycles. The normalized spacial score (nSPS) is 18.6. The molecule has 0 fully saturated rings. The molecule has 33 heavy (non-hydrogen) atoms. The number of hydrogen-bond donors (Lipinski definition) is 0. The van der Waals surface area contributed by atoms with Crippen LogP contribution >= 0.6 is 0 Å². The fourth-order valence-electron chi connectivity index (χ4n) is 4.28. The maximum absolute atomic E-state index is 6.45. The van der Waals surface area contributed by atoms with Gasteiger partial charge in [0.2, 0.25) is 6.23 Å². The van der Waals surface area contributed by atoms with Gasteiger partial charge in [-0.3, -0.25) is 0 Å². The third-order valence-corrected chi connectivity index (χ3v) is 5.89. The van der Waals surface area contributed by atoms with E-state index < -0.39 is 0 Å². The van der Waals surface area contributed by atoms with E-state index in [-0.39, 0.29) is 12.3 Å². The minimum atomic E-state index is -0.294. The van der Waals surface area contributed by atoms with Crippen molar-refractivity contribution in [2.75, 3.05) is 13.2 Å². The topological polar surface area (TPSA) is 43.3 Å². The van der Waals surface area contributed by atoms with Gasteiger partial charge in [-0.15, -0.1) is 0 Å². The van der Waals surface area contributed by atoms with Gasteiger partial charge >= 0.3 is 0 Å². The van der Waals surface area contributed by atoms with Crippen molar-refractivity contribution in [2.24, 2.45) is 5.10 Å². The van der Waals surface area contributed by atoms with Gasteiger partial charge in [0, 0.05) is 17.5 Å². The van der Waals surface area contributed by atoms with E-state index in [1.54, 1.807) is 6.08 Å². The minimum Gasteiger partial charge on any atom is -0.494 e. The molecule has 168 valence electrons. The molecule has 0 N–H and O–H groups in total. The van der Waals surface area contributed by atoms with Crippen molar-refractivity contribution in [2.45, 2.75) is 32.0 Å². The van der Waals surface area contributed by atoms with Crippen LogP contribution in [-0.2, 0) is 0 Å². The molecule has 2 aliphatic rings. The van der Waals surface area contributed by atoms with E-state index in [1.165, 1.54) is 5.56 Å². The van der Waals surface area contributed by atoms with Crippen molar-refractivity contribution in [3.8, 4) is 17.2 Å². The molecule has 5 rings (SSSR count). The first-order chi connectivity index (χ1) is 16.3. The predicted octanol–water partition coefficient (Wildman–Crippen LogP) is 6.28. The molecular weight excluding hydrogens is 412 g/mol. The van der Waals surface area contributed by atoms with Crippen molar-refractivity contribution in [3.63, 3.8) is 0 Å². The predicted molar refractivity (Wildman–Crippen MR) is 130 cm³/mol. The number of ether oxygens (including phenoxy) is 3. The van der Waals surface area contributed by atoms with Crippen LogP contribution in [0.15, 0.2) is 90.6 Å². The van der Waals surface area contributed by atoms with Crippen molar-refractivity contribution >= 4 is 5.71 Å². The van der Waals surface area contributed by atoms with Crippen LogP contribution in [0.5, 0.6) is 17.2 Å². The third-order valence-electron chi connectivity index (χ3n) is 5.89. The van der Waals surface area contributed by atoms with Crippen molar-refractivity contribution in [1.29, 1.82) is 0 Å². The van der Waals surface area contributed by atoms with Crippen molar-refractivity contribution in [1.82, 2.24) is 5.01 Å². The highest BCUT2D eigenvalue weighted by Crippen LogP contribution is 2.47. The average Bonchev–Trinajstić information content (AvgIpc) is 3.32. The van der Waals surface area contributed by atoms with E-state index in [0.717, 1.165) is 46.9 Å². The lowest BCUT2D eigenvalue weighted by Crippen LogP contribution is -2.33. The Bertz CT molecular complexity index is 1140. The number of fused-ring (bicyclic) bond motifs is 3. The summed E-state index contributed by atoms with van der Waals surface area (Å²) in [6.07, 6.45) is 3.25. The molecule has 0 saturated carbocycles. The Morgan fingerprint density at radius 1 is 1.00 bits per heavy atom. The molecule has 0 saturated heterocycles. The second-order valence-corrected chi connectivity index (χ2v) is 8.20. The average molecular weight is 441 g/mol. The van der Waals surface area contributed by atoms with Crippen LogP contribution in [-0.4, -0.2) is 23.9 Å². The molecule has 0 amide bonds. The van der Waals surface area contributed by atoms with Crippen molar-refractivity contribution in [3.05, 3.63) is 102 Å². The van der Waals surface area contributed by atoms with Gasteiger partial charge in [-0.2, -0.15) is 5.10 Å². The zero-order valence-corrected chi connectivity index (χ0v) is 18.8. The van der Waals surface area contributed by atoms with Gasteiger partial charge in [0.15, 0.2) is 0 Å². The number of benzene rings is 3. The highest BCUT2D eigenvalue weighted by atomic mass is 16.5. The monoisotopic (exact) mass is 440 g/mol. The van der Waals surface area contributed by atoms with Crippen LogP contribution in [0.4, 0.5) is 0 Å². The molecular formula is C28H28N2O3. The molecule has 0 aromatic heterocycles. The summed E-state index contributed by atoms with van der Waals surface area (Å²) in [6.45, 7) is 7.01. The van der Waals surface area contributed by atoms with E-state index in [2.05, 4.69) is 54.9 Å². The Kier molecular flexibility index (Phi) is 6.03. The van der Waals surface area contributed by atoms with Gasteiger partial charge in [0.1, 0.15) is 23.9 Å². The van der Waals surface area contributed by atoms with Crippen LogP contribution < -0.4 is 14.2 Å². The molecule has 3 aromatic carbocycles. The zero-order valence-electron chi connectivity index (χ0n) is 18.8. The van der Waals surface area contributed by atoms with Crippen LogP contribution in [0, 0.1) is 0 Å². The summed E-state index contributed by atoms with van der Waals surface area (Å²) in [7, 11) is 0. The summed E-state index contributed by atoms with van der Waals surface area (Å²) in [5, 5.41) is 7.14. The van der Waals surface area contributed by atoms with Gasteiger partial charge in [0.25, 0.3) is 0 Å². The van der Waals surface area contributed by atoms with Crippen molar-refractivity contribution < 1.29 is 14.2 Å². The molecule has 5 heteroatoms. The Hall–Kier alpha value is -3.73. The van der Waals surface area contributed by atoms with E-state index >= 15 is 0 Å². The fourth-order valence-corrected chi connectivity index (χ4v) is 4.28. The zero-order chi connectivity index (χ0) is 22.6. The summed E-state index contributed by atoms with van der Waals surface area (Å²) in [5.41, 5.74) is 4.36. The molecule has 0 radical (unpaired) electrons. The van der Waals surface area contributed by atoms with E-state index in [0.29, 0.717) is 13.2 Å². The Balaban J connectivity index is 1.44. The SMILES string of the molecule is C=CCOc1ccc(C2=NN3[C@@H](c4ccc(OCCC)cc4)Oc4ccccc4[C@@H]3C2)cc1. The molecule has 5 nitrogen and oxygen atoms in total. The summed E-state index contributed by atoms with van der Waals surface area (Å²) in [4.78, 5) is 0. The highest BCUT2D eigenvalue weighted by Gasteiger charge is 2.40. The lowest BCUT2D eigenvalue weighted by Gasteiger charge is -2.38. The van der Waals surface area contributed by atoms with Gasteiger partial charge in [-0.05, 0) is 66.6 Å². The molecule has 2 aliphatic heterocycles. The molecule has 2 atom stereocenters. The minimum absolute atomic E-state index is 0.127. The van der Waals surface area contributed by atoms with E-state index in [4.69, 9.17) is 19.3 Å². The maximum Gasteiger partial charge on any atom is 0.213 e. The Labute approximate surface area is 194 Å². The Morgan fingerprint density at radius 3 is 2.48 bits per heavy atom. The quantitative estimate of drug-likeness (QED) is 0.387. The molecule has 0 bridgehead atoms. The highest BCUT2D eigenvalue weighted by molar-refractivity contribution is 6.02. The number of hydrogen-bond acceptors (Lipinski definition) is 5. The first-order valence-corrected chi connectivity index (χ1v) is 11.4. The second kappa shape index (κ2) is 9.41. The van der Waals surface area contributed by atoms with E-state index in [9.17, 15) is 0 Å². The summed E-state index contributed by atoms with van der Waals surface area (Å²) in [5.74, 6) is 2.62. The smallest absolute Gasteiger partial charge is 0.213 e. The fraction of sp³-hybridized carbons (Fsp3) is 0.250. The van der Waals surface area contributed by atoms with Crippen LogP contribution in [0.2, 0.25) is 0 Å². The molecule has 0 unspecified atom stereocenters. The standard InChI is InChI=1S/C28H28N2O3/c1-3-17-31-22-13-9-20(10-14-22)25-19-26-24-7-5-6-8-27(24)33-28(30(26)29-25)21-11-15-23(16-12-21)32-18-4-2/h3,5-16,26,28H,1,4,17-19H2,2H3/t26-,28+/m0/s1. The molecule has 0 spiro atoms. The summed E-state index contributed by atoms with van der Waals surface area (Å²) >= 11 is 0. The molecule has 3 aromatic rings. The van der Waals surface area contributed by atoms with Gasteiger partial charge in [-0.1, -0.05) is 37.8 Å².